The molecule has 1 N–H and O–H groups in total. The molecule has 3 aromatic rings. The highest BCUT2D eigenvalue weighted by atomic mass is 35.5. The van der Waals surface area contributed by atoms with E-state index in [-0.39, 0.29) is 28.5 Å². The lowest BCUT2D eigenvalue weighted by Gasteiger charge is -2.37. The van der Waals surface area contributed by atoms with Gasteiger partial charge in [-0.3, -0.25) is 19.8 Å². The van der Waals surface area contributed by atoms with Crippen LogP contribution in [0.25, 0.3) is 10.9 Å². The number of hydrogen-bond donors (Lipinski definition) is 1. The molecule has 3 heterocycles. The van der Waals surface area contributed by atoms with E-state index >= 15 is 0 Å². The van der Waals surface area contributed by atoms with Gasteiger partial charge in [-0.1, -0.05) is 11.6 Å². The molecule has 0 bridgehead atoms. The van der Waals surface area contributed by atoms with Gasteiger partial charge in [-0.05, 0) is 37.6 Å². The molecular formula is C26H28ClFN6O5. The summed E-state index contributed by atoms with van der Waals surface area (Å²) >= 11 is 5.86. The monoisotopic (exact) mass is 558 g/mol. The Labute approximate surface area is 229 Å². The number of halogens is 2. The van der Waals surface area contributed by atoms with Crippen molar-refractivity contribution < 1.29 is 23.6 Å². The minimum Gasteiger partial charge on any atom is -0.487 e. The first kappa shape index (κ1) is 27.0. The summed E-state index contributed by atoms with van der Waals surface area (Å²) in [5.41, 5.74) is 0.755. The van der Waals surface area contributed by atoms with Crippen molar-refractivity contribution in [2.75, 3.05) is 51.3 Å². The molecular weight excluding hydrogens is 531 g/mol. The molecule has 13 heteroatoms. The quantitative estimate of drug-likeness (QED) is 0.168. The van der Waals surface area contributed by atoms with Crippen LogP contribution in [0.15, 0.2) is 36.7 Å². The van der Waals surface area contributed by atoms with Gasteiger partial charge < -0.3 is 19.7 Å². The normalized spacial score (nSPS) is 18.3. The topological polar surface area (TPSA) is 123 Å². The number of nitro groups is 1. The highest BCUT2D eigenvalue weighted by molar-refractivity contribution is 6.31. The van der Waals surface area contributed by atoms with E-state index in [1.165, 1.54) is 36.7 Å². The van der Waals surface area contributed by atoms with Gasteiger partial charge >= 0.3 is 11.7 Å². The summed E-state index contributed by atoms with van der Waals surface area (Å²) in [6.45, 7) is 5.42. The fourth-order valence-corrected chi connectivity index (χ4v) is 5.03. The summed E-state index contributed by atoms with van der Waals surface area (Å²) in [6.07, 6.45) is 3.44. The third kappa shape index (κ3) is 6.52. The number of nitrogens with zero attached hydrogens (tertiary/aromatic N) is 5. The second-order valence-corrected chi connectivity index (χ2v) is 9.95. The lowest BCUT2D eigenvalue weighted by molar-refractivity contribution is -0.385. The molecule has 11 nitrogen and oxygen atoms in total. The third-order valence-corrected chi connectivity index (χ3v) is 7.27. The van der Waals surface area contributed by atoms with Crippen molar-refractivity contribution in [2.24, 2.45) is 0 Å². The Bertz CT molecular complexity index is 1370. The summed E-state index contributed by atoms with van der Waals surface area (Å²) in [7, 11) is 0. The first-order valence-corrected chi connectivity index (χ1v) is 13.2. The van der Waals surface area contributed by atoms with E-state index < -0.39 is 10.7 Å². The number of aromatic nitrogens is 2. The fourth-order valence-electron chi connectivity index (χ4n) is 4.85. The zero-order chi connectivity index (χ0) is 27.4. The van der Waals surface area contributed by atoms with E-state index in [9.17, 15) is 19.3 Å². The number of nitrogens with one attached hydrogen (secondary N) is 1. The lowest BCUT2D eigenvalue weighted by atomic mass is 10.1. The number of nitro benzene ring substituents is 1. The number of carbonyl (C=O) groups excluding carboxylic acids is 1. The fraction of sp³-hybridized carbons (Fsp3) is 0.423. The number of ether oxygens (including phenoxy) is 2. The van der Waals surface area contributed by atoms with Gasteiger partial charge in [-0.2, -0.15) is 0 Å². The first-order valence-electron chi connectivity index (χ1n) is 12.8. The molecule has 2 aliphatic heterocycles. The molecule has 0 saturated carbocycles. The number of esters is 1. The Morgan fingerprint density at radius 2 is 2.00 bits per heavy atom. The Morgan fingerprint density at radius 3 is 2.72 bits per heavy atom. The molecule has 39 heavy (non-hydrogen) atoms. The molecule has 2 saturated heterocycles. The van der Waals surface area contributed by atoms with E-state index in [4.69, 9.17) is 21.1 Å². The number of carbonyl (C=O) groups is 1. The van der Waals surface area contributed by atoms with Gasteiger partial charge in [-0.25, -0.2) is 14.4 Å². The molecule has 2 fully saturated rings. The zero-order valence-corrected chi connectivity index (χ0v) is 21.9. The van der Waals surface area contributed by atoms with Crippen LogP contribution in [0.2, 0.25) is 5.02 Å². The SMILES string of the molecule is O=C1CC(N2CCN(CCCCOc3cc4ncnc(Nc5ccc(F)c(Cl)c5)c4cc3[N+](=O)[O-])CC2)CO1. The smallest absolute Gasteiger partial charge is 0.311 e. The van der Waals surface area contributed by atoms with Crippen LogP contribution in [-0.4, -0.2) is 82.6 Å². The summed E-state index contributed by atoms with van der Waals surface area (Å²) in [5, 5.41) is 15.2. The molecule has 206 valence electrons. The van der Waals surface area contributed by atoms with Crippen molar-refractivity contribution in [1.29, 1.82) is 0 Å². The number of rotatable bonds is 10. The Morgan fingerprint density at radius 1 is 1.18 bits per heavy atom. The number of anilines is 2. The standard InChI is InChI=1S/C26H28ClFN6O5/c27-20-11-17(3-4-21(20)28)31-26-19-13-23(34(36)37)24(14-22(19)29-16-30-26)38-10-2-1-5-32-6-8-33(9-7-32)18-12-25(35)39-15-18/h3-4,11,13-14,16,18H,1-2,5-10,12,15H2,(H,29,30,31). The van der Waals surface area contributed by atoms with Crippen molar-refractivity contribution in [2.45, 2.75) is 25.3 Å². The average Bonchev–Trinajstić information content (AvgIpc) is 3.36. The highest BCUT2D eigenvalue weighted by Crippen LogP contribution is 2.35. The Balaban J connectivity index is 1.16. The van der Waals surface area contributed by atoms with Crippen LogP contribution in [-0.2, 0) is 9.53 Å². The van der Waals surface area contributed by atoms with E-state index in [0.717, 1.165) is 45.6 Å². The van der Waals surface area contributed by atoms with Gasteiger partial charge in [0.2, 0.25) is 0 Å². The number of hydrogen-bond acceptors (Lipinski definition) is 10. The van der Waals surface area contributed by atoms with Gasteiger partial charge in [0.25, 0.3) is 0 Å². The number of unbranched alkanes of at least 4 members (excludes halogenated alkanes) is 1. The van der Waals surface area contributed by atoms with Gasteiger partial charge in [0.1, 0.15) is 24.6 Å². The molecule has 0 aliphatic carbocycles. The molecule has 0 radical (unpaired) electrons. The zero-order valence-electron chi connectivity index (χ0n) is 21.1. The van der Waals surface area contributed by atoms with Crippen LogP contribution in [0.5, 0.6) is 5.75 Å². The summed E-state index contributed by atoms with van der Waals surface area (Å²) in [4.78, 5) is 35.8. The van der Waals surface area contributed by atoms with E-state index in [1.54, 1.807) is 0 Å². The van der Waals surface area contributed by atoms with Crippen LogP contribution in [0.3, 0.4) is 0 Å². The van der Waals surface area contributed by atoms with Crippen LogP contribution >= 0.6 is 11.6 Å². The molecule has 5 rings (SSSR count). The second-order valence-electron chi connectivity index (χ2n) is 9.54. The average molecular weight is 559 g/mol. The Kier molecular flexibility index (Phi) is 8.34. The maximum absolute atomic E-state index is 13.5. The van der Waals surface area contributed by atoms with Gasteiger partial charge in [0.05, 0.1) is 39.9 Å². The second kappa shape index (κ2) is 12.1. The van der Waals surface area contributed by atoms with Crippen molar-refractivity contribution in [1.82, 2.24) is 19.8 Å². The maximum Gasteiger partial charge on any atom is 0.311 e. The van der Waals surface area contributed by atoms with E-state index in [2.05, 4.69) is 25.1 Å². The number of cyclic esters (lactones) is 1. The van der Waals surface area contributed by atoms with Gasteiger partial charge in [-0.15, -0.1) is 0 Å². The van der Waals surface area contributed by atoms with Crippen LogP contribution < -0.4 is 10.1 Å². The summed E-state index contributed by atoms with van der Waals surface area (Å²) in [6, 6.07) is 7.23. The molecule has 1 aromatic heterocycles. The molecule has 0 spiro atoms. The maximum atomic E-state index is 13.5. The molecule has 1 atom stereocenters. The molecule has 2 aromatic carbocycles. The van der Waals surface area contributed by atoms with E-state index in [0.29, 0.717) is 42.0 Å². The minimum atomic E-state index is -0.552. The number of benzene rings is 2. The minimum absolute atomic E-state index is 0.0563. The van der Waals surface area contributed by atoms with Gasteiger partial charge in [0, 0.05) is 44.0 Å². The highest BCUT2D eigenvalue weighted by Gasteiger charge is 2.31. The molecule has 2 aliphatic rings. The van der Waals surface area contributed by atoms with Crippen molar-refractivity contribution in [3.63, 3.8) is 0 Å². The van der Waals surface area contributed by atoms with Gasteiger partial charge in [0.15, 0.2) is 5.75 Å². The Hall–Kier alpha value is -3.61. The van der Waals surface area contributed by atoms with Crippen LogP contribution in [0.1, 0.15) is 19.3 Å². The van der Waals surface area contributed by atoms with Crippen molar-refractivity contribution in [3.8, 4) is 5.75 Å². The van der Waals surface area contributed by atoms with Crippen molar-refractivity contribution in [3.05, 3.63) is 57.6 Å². The predicted molar refractivity (Wildman–Crippen MR) is 143 cm³/mol. The summed E-state index contributed by atoms with van der Waals surface area (Å²) in [5.74, 6) is -0.203. The summed E-state index contributed by atoms with van der Waals surface area (Å²) < 4.78 is 24.4. The lowest BCUT2D eigenvalue weighted by Crippen LogP contribution is -2.50. The number of piperazine rings is 1. The third-order valence-electron chi connectivity index (χ3n) is 6.98. The van der Waals surface area contributed by atoms with Crippen LogP contribution in [0.4, 0.5) is 21.6 Å². The molecule has 1 unspecified atom stereocenters. The first-order chi connectivity index (χ1) is 18.9. The predicted octanol–water partition coefficient (Wildman–Crippen LogP) is 4.17. The van der Waals surface area contributed by atoms with E-state index in [1.807, 2.05) is 0 Å². The number of fused-ring (bicyclic) bond motifs is 1. The van der Waals surface area contributed by atoms with Crippen LogP contribution in [0, 0.1) is 15.9 Å². The molecule has 0 amide bonds. The van der Waals surface area contributed by atoms with Crippen molar-refractivity contribution >= 4 is 45.7 Å². The largest absolute Gasteiger partial charge is 0.487 e.